The van der Waals surface area contributed by atoms with Crippen LogP contribution in [0.15, 0.2) is 29.2 Å². The number of hydrogen-bond donors (Lipinski definition) is 1. The largest absolute Gasteiger partial charge is 0.356 e. The predicted octanol–water partition coefficient (Wildman–Crippen LogP) is 1.36. The van der Waals surface area contributed by atoms with Gasteiger partial charge in [0.15, 0.2) is 0 Å². The fraction of sp³-hybridized carbons (Fsp3) is 0.500. The molecular weight excluding hydrogens is 295 g/mol. The Labute approximate surface area is 124 Å². The molecule has 1 aromatic rings. The number of halogens is 1. The van der Waals surface area contributed by atoms with Crippen LogP contribution in [0.1, 0.15) is 19.8 Å². The van der Waals surface area contributed by atoms with Gasteiger partial charge in [0.25, 0.3) is 0 Å². The Morgan fingerprint density at radius 2 is 2.05 bits per heavy atom. The van der Waals surface area contributed by atoms with E-state index in [1.165, 1.54) is 23.4 Å². The Balaban J connectivity index is 2.09. The highest BCUT2D eigenvalue weighted by Crippen LogP contribution is 2.23. The first-order chi connectivity index (χ1) is 9.89. The van der Waals surface area contributed by atoms with Gasteiger partial charge in [-0.15, -0.1) is 0 Å². The highest BCUT2D eigenvalue weighted by atomic mass is 32.2. The van der Waals surface area contributed by atoms with Gasteiger partial charge in [0.2, 0.25) is 15.9 Å². The van der Waals surface area contributed by atoms with Gasteiger partial charge in [-0.2, -0.15) is 4.31 Å². The van der Waals surface area contributed by atoms with Crippen LogP contribution in [0.4, 0.5) is 4.39 Å². The van der Waals surface area contributed by atoms with Gasteiger partial charge >= 0.3 is 0 Å². The Hall–Kier alpha value is -1.47. The average Bonchev–Trinajstić information content (AvgIpc) is 2.46. The molecule has 1 N–H and O–H groups in total. The summed E-state index contributed by atoms with van der Waals surface area (Å²) in [5.74, 6) is -0.470. The van der Waals surface area contributed by atoms with E-state index in [4.69, 9.17) is 0 Å². The van der Waals surface area contributed by atoms with E-state index in [1.807, 2.05) is 0 Å². The van der Waals surface area contributed by atoms with Gasteiger partial charge in [-0.05, 0) is 43.0 Å². The number of amides is 1. The number of rotatable bonds is 4. The molecule has 1 aliphatic heterocycles. The number of hydrogen-bond acceptors (Lipinski definition) is 3. The molecule has 0 aromatic heterocycles. The molecular formula is C14H19FN2O3S. The minimum absolute atomic E-state index is 0.101. The molecule has 21 heavy (non-hydrogen) atoms. The molecule has 2 rings (SSSR count). The van der Waals surface area contributed by atoms with Crippen LogP contribution in [0.2, 0.25) is 0 Å². The second-order valence-electron chi connectivity index (χ2n) is 5.26. The molecule has 0 spiro atoms. The lowest BCUT2D eigenvalue weighted by atomic mass is 10.00. The molecule has 0 bridgehead atoms. The first-order valence-electron chi connectivity index (χ1n) is 6.90. The molecule has 1 unspecified atom stereocenters. The van der Waals surface area contributed by atoms with Crippen molar-refractivity contribution in [2.45, 2.75) is 24.7 Å². The Bertz CT molecular complexity index is 601. The van der Waals surface area contributed by atoms with Crippen molar-refractivity contribution in [1.82, 2.24) is 9.62 Å². The molecule has 1 saturated heterocycles. The molecule has 116 valence electrons. The maximum atomic E-state index is 12.9. The van der Waals surface area contributed by atoms with E-state index in [0.29, 0.717) is 19.6 Å². The normalized spacial score (nSPS) is 20.2. The van der Waals surface area contributed by atoms with Crippen molar-refractivity contribution in [3.8, 4) is 0 Å². The van der Waals surface area contributed by atoms with Crippen LogP contribution in [0.25, 0.3) is 0 Å². The SMILES string of the molecule is CC(=O)NCC1CCCN(S(=O)(=O)c2ccc(F)cc2)C1. The smallest absolute Gasteiger partial charge is 0.243 e. The lowest BCUT2D eigenvalue weighted by molar-refractivity contribution is -0.119. The maximum absolute atomic E-state index is 12.9. The summed E-state index contributed by atoms with van der Waals surface area (Å²) < 4.78 is 39.3. The average molecular weight is 314 g/mol. The zero-order valence-electron chi connectivity index (χ0n) is 11.9. The standard InChI is InChI=1S/C14H19FN2O3S/c1-11(18)16-9-12-3-2-8-17(10-12)21(19,20)14-6-4-13(15)5-7-14/h4-7,12H,2-3,8-10H2,1H3,(H,16,18). The monoisotopic (exact) mass is 314 g/mol. The summed E-state index contributed by atoms with van der Waals surface area (Å²) in [6.45, 7) is 2.75. The lowest BCUT2D eigenvalue weighted by Crippen LogP contribution is -2.43. The van der Waals surface area contributed by atoms with Crippen molar-refractivity contribution in [3.63, 3.8) is 0 Å². The molecule has 0 radical (unpaired) electrons. The molecule has 1 aliphatic rings. The summed E-state index contributed by atoms with van der Waals surface area (Å²) in [6, 6.07) is 4.85. The number of piperidine rings is 1. The highest BCUT2D eigenvalue weighted by molar-refractivity contribution is 7.89. The van der Waals surface area contributed by atoms with Gasteiger partial charge in [0.05, 0.1) is 4.90 Å². The van der Waals surface area contributed by atoms with Crippen molar-refractivity contribution >= 4 is 15.9 Å². The van der Waals surface area contributed by atoms with E-state index in [9.17, 15) is 17.6 Å². The summed E-state index contributed by atoms with van der Waals surface area (Å²) in [7, 11) is -3.60. The predicted molar refractivity (Wildman–Crippen MR) is 76.6 cm³/mol. The fourth-order valence-corrected chi connectivity index (χ4v) is 4.01. The summed E-state index contributed by atoms with van der Waals surface area (Å²) >= 11 is 0. The van der Waals surface area contributed by atoms with Gasteiger partial charge in [-0.25, -0.2) is 12.8 Å². The molecule has 1 fully saturated rings. The van der Waals surface area contributed by atoms with Crippen molar-refractivity contribution in [2.24, 2.45) is 5.92 Å². The third-order valence-electron chi connectivity index (χ3n) is 3.57. The summed E-state index contributed by atoms with van der Waals surface area (Å²) in [5, 5.41) is 2.72. The quantitative estimate of drug-likeness (QED) is 0.912. The molecule has 1 amide bonds. The second kappa shape index (κ2) is 6.53. The van der Waals surface area contributed by atoms with Crippen LogP contribution in [-0.4, -0.2) is 38.3 Å². The number of carbonyl (C=O) groups is 1. The summed E-state index contributed by atoms with van der Waals surface area (Å²) in [4.78, 5) is 11.0. The first kappa shape index (κ1) is 15.9. The van der Waals surface area contributed by atoms with Crippen LogP contribution in [0.5, 0.6) is 0 Å². The van der Waals surface area contributed by atoms with Crippen molar-refractivity contribution < 1.29 is 17.6 Å². The van der Waals surface area contributed by atoms with E-state index < -0.39 is 15.8 Å². The van der Waals surface area contributed by atoms with Crippen molar-refractivity contribution in [2.75, 3.05) is 19.6 Å². The van der Waals surface area contributed by atoms with Crippen LogP contribution >= 0.6 is 0 Å². The molecule has 1 atom stereocenters. The van der Waals surface area contributed by atoms with Crippen LogP contribution in [-0.2, 0) is 14.8 Å². The Kier molecular flexibility index (Phi) is 4.95. The zero-order chi connectivity index (χ0) is 15.5. The van der Waals surface area contributed by atoms with Crippen molar-refractivity contribution in [3.05, 3.63) is 30.1 Å². The highest BCUT2D eigenvalue weighted by Gasteiger charge is 2.30. The number of benzene rings is 1. The second-order valence-corrected chi connectivity index (χ2v) is 7.20. The van der Waals surface area contributed by atoms with Gasteiger partial charge < -0.3 is 5.32 Å². The summed E-state index contributed by atoms with van der Waals surface area (Å²) in [6.07, 6.45) is 1.64. The number of nitrogens with one attached hydrogen (secondary N) is 1. The van der Waals surface area contributed by atoms with E-state index in [-0.39, 0.29) is 16.7 Å². The van der Waals surface area contributed by atoms with E-state index in [0.717, 1.165) is 25.0 Å². The van der Waals surface area contributed by atoms with Gasteiger partial charge in [0.1, 0.15) is 5.82 Å². The first-order valence-corrected chi connectivity index (χ1v) is 8.34. The fourth-order valence-electron chi connectivity index (χ4n) is 2.46. The third kappa shape index (κ3) is 4.01. The van der Waals surface area contributed by atoms with Crippen LogP contribution < -0.4 is 5.32 Å². The molecule has 1 aromatic carbocycles. The van der Waals surface area contributed by atoms with E-state index in [2.05, 4.69) is 5.32 Å². The third-order valence-corrected chi connectivity index (χ3v) is 5.45. The molecule has 7 heteroatoms. The van der Waals surface area contributed by atoms with Crippen LogP contribution in [0.3, 0.4) is 0 Å². The Morgan fingerprint density at radius 3 is 2.67 bits per heavy atom. The topological polar surface area (TPSA) is 66.5 Å². The van der Waals surface area contributed by atoms with Crippen LogP contribution in [0, 0.1) is 11.7 Å². The Morgan fingerprint density at radius 1 is 1.38 bits per heavy atom. The lowest BCUT2D eigenvalue weighted by Gasteiger charge is -2.32. The zero-order valence-corrected chi connectivity index (χ0v) is 12.7. The minimum Gasteiger partial charge on any atom is -0.356 e. The van der Waals surface area contributed by atoms with E-state index in [1.54, 1.807) is 0 Å². The van der Waals surface area contributed by atoms with Gasteiger partial charge in [0, 0.05) is 26.6 Å². The summed E-state index contributed by atoms with van der Waals surface area (Å²) in [5.41, 5.74) is 0. The maximum Gasteiger partial charge on any atom is 0.243 e. The van der Waals surface area contributed by atoms with Gasteiger partial charge in [-0.3, -0.25) is 4.79 Å². The number of sulfonamides is 1. The molecule has 0 aliphatic carbocycles. The van der Waals surface area contributed by atoms with Gasteiger partial charge in [-0.1, -0.05) is 0 Å². The molecule has 5 nitrogen and oxygen atoms in total. The molecule has 0 saturated carbocycles. The minimum atomic E-state index is -3.60. The van der Waals surface area contributed by atoms with E-state index >= 15 is 0 Å². The molecule has 1 heterocycles. The van der Waals surface area contributed by atoms with Crippen molar-refractivity contribution in [1.29, 1.82) is 0 Å². The number of nitrogens with zero attached hydrogens (tertiary/aromatic N) is 1. The number of carbonyl (C=O) groups excluding carboxylic acids is 1.